The van der Waals surface area contributed by atoms with Gasteiger partial charge in [-0.1, -0.05) is 0 Å². The van der Waals surface area contributed by atoms with Gasteiger partial charge in [-0.05, 0) is 20.3 Å². The normalized spacial score (nSPS) is 26.5. The van der Waals surface area contributed by atoms with Crippen molar-refractivity contribution in [1.82, 2.24) is 4.90 Å². The molecule has 1 heterocycles. The second-order valence-corrected chi connectivity index (χ2v) is 3.78. The summed E-state index contributed by atoms with van der Waals surface area (Å²) in [6.45, 7) is 6.48. The van der Waals surface area contributed by atoms with Crippen molar-refractivity contribution in [3.63, 3.8) is 0 Å². The van der Waals surface area contributed by atoms with Gasteiger partial charge in [0, 0.05) is 19.6 Å². The average Bonchev–Trinajstić information content (AvgIpc) is 2.60. The Morgan fingerprint density at radius 1 is 1.64 bits per heavy atom. The number of nitrogens with two attached hydrogens (primary N) is 1. The average molecular weight is 200 g/mol. The van der Waals surface area contributed by atoms with Gasteiger partial charge in [-0.3, -0.25) is 4.79 Å². The molecular formula is C10H20N2O2. The minimum absolute atomic E-state index is 0.0523. The Labute approximate surface area is 85.4 Å². The second-order valence-electron chi connectivity index (χ2n) is 3.78. The summed E-state index contributed by atoms with van der Waals surface area (Å²) in [5, 5.41) is 0. The highest BCUT2D eigenvalue weighted by Crippen LogP contribution is 2.20. The molecular weight excluding hydrogens is 180 g/mol. The Kier molecular flexibility index (Phi) is 4.35. The van der Waals surface area contributed by atoms with Crippen LogP contribution in [0.3, 0.4) is 0 Å². The fourth-order valence-corrected chi connectivity index (χ4v) is 1.83. The van der Waals surface area contributed by atoms with Crippen molar-refractivity contribution in [2.45, 2.75) is 26.4 Å². The van der Waals surface area contributed by atoms with E-state index in [9.17, 15) is 4.79 Å². The largest absolute Gasteiger partial charge is 0.378 e. The van der Waals surface area contributed by atoms with Crippen LogP contribution in [0.5, 0.6) is 0 Å². The van der Waals surface area contributed by atoms with Crippen molar-refractivity contribution in [2.24, 2.45) is 11.7 Å². The van der Waals surface area contributed by atoms with Crippen LogP contribution in [0.1, 0.15) is 20.3 Å². The zero-order valence-corrected chi connectivity index (χ0v) is 9.03. The van der Waals surface area contributed by atoms with Crippen molar-refractivity contribution >= 4 is 5.91 Å². The van der Waals surface area contributed by atoms with Gasteiger partial charge in [-0.15, -0.1) is 0 Å². The summed E-state index contributed by atoms with van der Waals surface area (Å²) in [4.78, 5) is 13.7. The van der Waals surface area contributed by atoms with Crippen LogP contribution in [0, 0.1) is 5.92 Å². The topological polar surface area (TPSA) is 55.6 Å². The predicted octanol–water partition coefficient (Wildman–Crippen LogP) is 0.219. The summed E-state index contributed by atoms with van der Waals surface area (Å²) in [5.74, 6) is 0.249. The number of hydrogen-bond donors (Lipinski definition) is 1. The molecule has 1 amide bonds. The standard InChI is InChI=1S/C10H20N2O2/c1-3-12(5-4-11)10(13)9-6-8(2)14-7-9/h8-9H,3-7,11H2,1-2H3. The lowest BCUT2D eigenvalue weighted by Gasteiger charge is -2.22. The van der Waals surface area contributed by atoms with Gasteiger partial charge in [-0.2, -0.15) is 0 Å². The van der Waals surface area contributed by atoms with E-state index in [2.05, 4.69) is 0 Å². The molecule has 0 radical (unpaired) electrons. The molecule has 2 unspecified atom stereocenters. The summed E-state index contributed by atoms with van der Waals surface area (Å²) >= 11 is 0. The molecule has 0 aliphatic carbocycles. The molecule has 4 nitrogen and oxygen atoms in total. The highest BCUT2D eigenvalue weighted by Gasteiger charge is 2.30. The fraction of sp³-hybridized carbons (Fsp3) is 0.900. The summed E-state index contributed by atoms with van der Waals surface area (Å²) < 4.78 is 5.38. The molecule has 0 bridgehead atoms. The van der Waals surface area contributed by atoms with Crippen molar-refractivity contribution in [3.05, 3.63) is 0 Å². The molecule has 4 heteroatoms. The Morgan fingerprint density at radius 2 is 2.36 bits per heavy atom. The van der Waals surface area contributed by atoms with Gasteiger partial charge in [0.1, 0.15) is 0 Å². The molecule has 1 aliphatic rings. The van der Waals surface area contributed by atoms with Crippen LogP contribution in [-0.2, 0) is 9.53 Å². The number of amides is 1. The van der Waals surface area contributed by atoms with E-state index in [0.29, 0.717) is 19.7 Å². The number of rotatable bonds is 4. The Balaban J connectivity index is 2.45. The van der Waals surface area contributed by atoms with Crippen molar-refractivity contribution in [3.8, 4) is 0 Å². The van der Waals surface area contributed by atoms with E-state index in [1.165, 1.54) is 0 Å². The van der Waals surface area contributed by atoms with Crippen LogP contribution in [-0.4, -0.2) is 43.2 Å². The number of likely N-dealkylation sites (N-methyl/N-ethyl adjacent to an activating group) is 1. The van der Waals surface area contributed by atoms with E-state index in [0.717, 1.165) is 13.0 Å². The number of carbonyl (C=O) groups excluding carboxylic acids is 1. The molecule has 1 rings (SSSR count). The molecule has 1 fully saturated rings. The number of carbonyl (C=O) groups is 1. The van der Waals surface area contributed by atoms with E-state index in [4.69, 9.17) is 10.5 Å². The molecule has 14 heavy (non-hydrogen) atoms. The van der Waals surface area contributed by atoms with Crippen molar-refractivity contribution in [1.29, 1.82) is 0 Å². The quantitative estimate of drug-likeness (QED) is 0.706. The molecule has 0 spiro atoms. The summed E-state index contributed by atoms with van der Waals surface area (Å²) in [6.07, 6.45) is 1.07. The summed E-state index contributed by atoms with van der Waals surface area (Å²) in [6, 6.07) is 0. The van der Waals surface area contributed by atoms with Gasteiger partial charge < -0.3 is 15.4 Å². The first-order valence-electron chi connectivity index (χ1n) is 5.29. The SMILES string of the molecule is CCN(CCN)C(=O)C1COC(C)C1. The minimum Gasteiger partial charge on any atom is -0.378 e. The zero-order chi connectivity index (χ0) is 10.6. The van der Waals surface area contributed by atoms with Crippen molar-refractivity contribution < 1.29 is 9.53 Å². The Bertz CT molecular complexity index is 191. The van der Waals surface area contributed by atoms with Crippen LogP contribution >= 0.6 is 0 Å². The molecule has 0 saturated carbocycles. The molecule has 82 valence electrons. The summed E-state index contributed by atoms with van der Waals surface area (Å²) in [7, 11) is 0. The summed E-state index contributed by atoms with van der Waals surface area (Å²) in [5.41, 5.74) is 5.44. The Hall–Kier alpha value is -0.610. The zero-order valence-electron chi connectivity index (χ0n) is 9.03. The first-order valence-corrected chi connectivity index (χ1v) is 5.29. The van der Waals surface area contributed by atoms with Gasteiger partial charge in [0.25, 0.3) is 0 Å². The Morgan fingerprint density at radius 3 is 2.79 bits per heavy atom. The van der Waals surface area contributed by atoms with E-state index >= 15 is 0 Å². The highest BCUT2D eigenvalue weighted by molar-refractivity contribution is 5.79. The number of nitrogens with zero attached hydrogens (tertiary/aromatic N) is 1. The predicted molar refractivity (Wildman–Crippen MR) is 54.8 cm³/mol. The number of ether oxygens (including phenoxy) is 1. The van der Waals surface area contributed by atoms with E-state index in [1.807, 2.05) is 18.7 Å². The molecule has 1 aliphatic heterocycles. The third-order valence-electron chi connectivity index (χ3n) is 2.64. The van der Waals surface area contributed by atoms with Crippen LogP contribution < -0.4 is 5.73 Å². The number of hydrogen-bond acceptors (Lipinski definition) is 3. The lowest BCUT2D eigenvalue weighted by molar-refractivity contribution is -0.135. The smallest absolute Gasteiger partial charge is 0.228 e. The van der Waals surface area contributed by atoms with Gasteiger partial charge in [0.05, 0.1) is 18.6 Å². The van der Waals surface area contributed by atoms with Gasteiger partial charge in [-0.25, -0.2) is 0 Å². The van der Waals surface area contributed by atoms with Crippen LogP contribution in [0.15, 0.2) is 0 Å². The van der Waals surface area contributed by atoms with E-state index in [-0.39, 0.29) is 17.9 Å². The fourth-order valence-electron chi connectivity index (χ4n) is 1.83. The van der Waals surface area contributed by atoms with E-state index in [1.54, 1.807) is 0 Å². The van der Waals surface area contributed by atoms with Gasteiger partial charge in [0.15, 0.2) is 0 Å². The van der Waals surface area contributed by atoms with Crippen LogP contribution in [0.2, 0.25) is 0 Å². The molecule has 1 saturated heterocycles. The van der Waals surface area contributed by atoms with Crippen LogP contribution in [0.25, 0.3) is 0 Å². The molecule has 0 aromatic carbocycles. The lowest BCUT2D eigenvalue weighted by Crippen LogP contribution is -2.39. The second kappa shape index (κ2) is 5.32. The first kappa shape index (κ1) is 11.5. The third-order valence-corrected chi connectivity index (χ3v) is 2.64. The van der Waals surface area contributed by atoms with Gasteiger partial charge in [0.2, 0.25) is 5.91 Å². The third kappa shape index (κ3) is 2.69. The maximum absolute atomic E-state index is 11.9. The first-order chi connectivity index (χ1) is 6.69. The highest BCUT2D eigenvalue weighted by atomic mass is 16.5. The molecule has 2 atom stereocenters. The maximum atomic E-state index is 11.9. The minimum atomic E-state index is 0.0523. The van der Waals surface area contributed by atoms with Crippen molar-refractivity contribution in [2.75, 3.05) is 26.2 Å². The van der Waals surface area contributed by atoms with Crippen LogP contribution in [0.4, 0.5) is 0 Å². The molecule has 0 aromatic rings. The van der Waals surface area contributed by atoms with Gasteiger partial charge >= 0.3 is 0 Å². The monoisotopic (exact) mass is 200 g/mol. The lowest BCUT2D eigenvalue weighted by atomic mass is 10.0. The molecule has 0 aromatic heterocycles. The van der Waals surface area contributed by atoms with E-state index < -0.39 is 0 Å². The maximum Gasteiger partial charge on any atom is 0.228 e. The molecule has 2 N–H and O–H groups in total.